The summed E-state index contributed by atoms with van der Waals surface area (Å²) in [5, 5.41) is 0. The molecule has 0 aromatic heterocycles. The van der Waals surface area contributed by atoms with E-state index in [4.69, 9.17) is 13.3 Å². The summed E-state index contributed by atoms with van der Waals surface area (Å²) in [6.07, 6.45) is 0.326. The number of hydrogen-bond acceptors (Lipinski definition) is 3. The van der Waals surface area contributed by atoms with Crippen molar-refractivity contribution in [2.75, 3.05) is 0 Å². The third-order valence-corrected chi connectivity index (χ3v) is 19.9. The SMILES string of the molecule is C[SiH](C)OC(c1cc[c]([Bi]([c]2ccc(C(O[SiH](C)C)C(C)(C)C)cc2)[c]2ccc(C(O[SiH](C)C)C(C)(C)C)cc2)cc1)C(C)(C)C. The van der Waals surface area contributed by atoms with Crippen LogP contribution in [-0.2, 0) is 13.3 Å². The summed E-state index contributed by atoms with van der Waals surface area (Å²) >= 11 is -2.65. The Morgan fingerprint density at radius 1 is 0.391 bits per heavy atom. The second-order valence-electron chi connectivity index (χ2n) is 16.9. The summed E-state index contributed by atoms with van der Waals surface area (Å²) in [6, 6.07) is 28.6. The van der Waals surface area contributed by atoms with E-state index in [-0.39, 0.29) is 34.6 Å². The molecule has 3 atom stereocenters. The standard InChI is InChI=1S/3C13H21OSi.Bi/c3*1-13(2,3)12(14-15(4)5)11-9-7-6-8-10-11;/h3*7-10,12,15H,1-5H3;. The summed E-state index contributed by atoms with van der Waals surface area (Å²) in [5.74, 6) is 0. The van der Waals surface area contributed by atoms with Crippen molar-refractivity contribution in [2.24, 2.45) is 16.2 Å². The Hall–Kier alpha value is -0.926. The van der Waals surface area contributed by atoms with Crippen LogP contribution in [0.1, 0.15) is 97.3 Å². The summed E-state index contributed by atoms with van der Waals surface area (Å²) in [4.78, 5) is 0. The Kier molecular flexibility index (Phi) is 13.9. The molecule has 0 aliphatic rings. The van der Waals surface area contributed by atoms with Crippen molar-refractivity contribution in [3.63, 3.8) is 0 Å². The van der Waals surface area contributed by atoms with Crippen LogP contribution in [0.3, 0.4) is 0 Å². The van der Waals surface area contributed by atoms with E-state index in [1.165, 1.54) is 26.5 Å². The predicted molar refractivity (Wildman–Crippen MR) is 210 cm³/mol. The fraction of sp³-hybridized carbons (Fsp3) is 0.538. The third-order valence-electron chi connectivity index (χ3n) is 7.95. The van der Waals surface area contributed by atoms with E-state index in [1.54, 1.807) is 0 Å². The zero-order valence-corrected chi connectivity index (χ0v) is 38.5. The van der Waals surface area contributed by atoms with Gasteiger partial charge in [-0.1, -0.05) is 0 Å². The van der Waals surface area contributed by atoms with Crippen LogP contribution in [0.15, 0.2) is 72.8 Å². The van der Waals surface area contributed by atoms with Crippen molar-refractivity contribution in [2.45, 2.75) is 120 Å². The Bertz CT molecular complexity index is 1180. The Labute approximate surface area is 295 Å². The van der Waals surface area contributed by atoms with Crippen LogP contribution in [0.4, 0.5) is 0 Å². The van der Waals surface area contributed by atoms with Gasteiger partial charge in [0, 0.05) is 0 Å². The molecule has 0 radical (unpaired) electrons. The van der Waals surface area contributed by atoms with Gasteiger partial charge < -0.3 is 0 Å². The molecule has 0 N–H and O–H groups in total. The minimum absolute atomic E-state index is 0.0433. The molecule has 0 saturated carbocycles. The first kappa shape index (κ1) is 39.5. The molecule has 0 bridgehead atoms. The molecule has 46 heavy (non-hydrogen) atoms. The van der Waals surface area contributed by atoms with E-state index in [1.807, 2.05) is 0 Å². The number of hydrogen-bond donors (Lipinski definition) is 0. The number of benzene rings is 3. The van der Waals surface area contributed by atoms with E-state index in [0.29, 0.717) is 0 Å². The summed E-state index contributed by atoms with van der Waals surface area (Å²) < 4.78 is 24.2. The Balaban J connectivity index is 2.11. The molecule has 7 heteroatoms. The van der Waals surface area contributed by atoms with Gasteiger partial charge >= 0.3 is 298 Å². The van der Waals surface area contributed by atoms with Crippen LogP contribution in [0.5, 0.6) is 0 Å². The molecule has 0 aliphatic carbocycles. The maximum absolute atomic E-state index is 6.59. The van der Waals surface area contributed by atoms with Crippen LogP contribution in [0, 0.1) is 16.2 Å². The Morgan fingerprint density at radius 3 is 0.739 bits per heavy atom. The van der Waals surface area contributed by atoms with Gasteiger partial charge in [0.2, 0.25) is 0 Å². The first-order valence-corrected chi connectivity index (χ1v) is 30.8. The van der Waals surface area contributed by atoms with Crippen molar-refractivity contribution in [1.82, 2.24) is 0 Å². The molecule has 3 aromatic carbocycles. The van der Waals surface area contributed by atoms with Gasteiger partial charge in [0.1, 0.15) is 0 Å². The molecular formula is C39H63BiO3Si3. The molecule has 0 aliphatic heterocycles. The maximum atomic E-state index is 6.59. The molecule has 3 aromatic rings. The molecule has 3 nitrogen and oxygen atoms in total. The third kappa shape index (κ3) is 11.0. The van der Waals surface area contributed by atoms with Gasteiger partial charge in [0.25, 0.3) is 0 Å². The average molecular weight is 873 g/mol. The van der Waals surface area contributed by atoms with Crippen molar-refractivity contribution in [3.05, 3.63) is 89.5 Å². The molecule has 3 unspecified atom stereocenters. The predicted octanol–water partition coefficient (Wildman–Crippen LogP) is 8.46. The molecular weight excluding hydrogens is 810 g/mol. The van der Waals surface area contributed by atoms with Gasteiger partial charge in [-0.05, 0) is 0 Å². The summed E-state index contributed by atoms with van der Waals surface area (Å²) in [6.45, 7) is 34.2. The van der Waals surface area contributed by atoms with E-state index < -0.39 is 48.9 Å². The van der Waals surface area contributed by atoms with Gasteiger partial charge in [-0.25, -0.2) is 0 Å². The van der Waals surface area contributed by atoms with Crippen LogP contribution in [0.2, 0.25) is 39.3 Å². The number of rotatable bonds is 12. The monoisotopic (exact) mass is 872 g/mol. The molecule has 0 fully saturated rings. The van der Waals surface area contributed by atoms with Crippen LogP contribution < -0.4 is 9.81 Å². The fourth-order valence-corrected chi connectivity index (χ4v) is 18.0. The van der Waals surface area contributed by atoms with Crippen molar-refractivity contribution < 1.29 is 13.3 Å². The quantitative estimate of drug-likeness (QED) is 0.171. The zero-order valence-electron chi connectivity index (χ0n) is 31.6. The average Bonchev–Trinajstić information content (AvgIpc) is 2.93. The van der Waals surface area contributed by atoms with Gasteiger partial charge in [-0.15, -0.1) is 0 Å². The fourth-order valence-electron chi connectivity index (χ4n) is 6.01. The van der Waals surface area contributed by atoms with E-state index in [2.05, 4.69) is 174 Å². The molecule has 0 spiro atoms. The summed E-state index contributed by atoms with van der Waals surface area (Å²) in [5.41, 5.74) is 4.00. The van der Waals surface area contributed by atoms with Crippen LogP contribution in [-0.4, -0.2) is 48.9 Å². The molecule has 3 rings (SSSR count). The molecule has 254 valence electrons. The molecule has 0 amide bonds. The van der Waals surface area contributed by atoms with Crippen molar-refractivity contribution in [3.8, 4) is 0 Å². The first-order chi connectivity index (χ1) is 21.2. The van der Waals surface area contributed by atoms with E-state index >= 15 is 0 Å². The van der Waals surface area contributed by atoms with E-state index in [9.17, 15) is 0 Å². The van der Waals surface area contributed by atoms with Gasteiger partial charge in [0.05, 0.1) is 0 Å². The Morgan fingerprint density at radius 2 is 0.587 bits per heavy atom. The van der Waals surface area contributed by atoms with Crippen molar-refractivity contribution in [1.29, 1.82) is 0 Å². The molecule has 0 heterocycles. The van der Waals surface area contributed by atoms with Crippen LogP contribution >= 0.6 is 0 Å². The van der Waals surface area contributed by atoms with Crippen molar-refractivity contribution >= 4 is 58.7 Å². The second-order valence-corrected chi connectivity index (χ2v) is 32.6. The van der Waals surface area contributed by atoms with Crippen LogP contribution in [0.25, 0.3) is 0 Å². The minimum atomic E-state index is -2.65. The van der Waals surface area contributed by atoms with Gasteiger partial charge in [0.15, 0.2) is 0 Å². The second kappa shape index (κ2) is 16.2. The molecule has 0 saturated heterocycles. The van der Waals surface area contributed by atoms with E-state index in [0.717, 1.165) is 0 Å². The first-order valence-electron chi connectivity index (χ1n) is 17.2. The topological polar surface area (TPSA) is 27.7 Å². The zero-order chi connectivity index (χ0) is 34.6. The van der Waals surface area contributed by atoms with Gasteiger partial charge in [-0.2, -0.15) is 0 Å². The summed E-state index contributed by atoms with van der Waals surface area (Å²) in [7, 11) is -3.60. The van der Waals surface area contributed by atoms with Gasteiger partial charge in [-0.3, -0.25) is 0 Å². The normalized spacial score (nSPS) is 15.2.